The van der Waals surface area contributed by atoms with Gasteiger partial charge in [0.05, 0.1) is 18.2 Å². The van der Waals surface area contributed by atoms with Gasteiger partial charge in [-0.2, -0.15) is 0 Å². The van der Waals surface area contributed by atoms with Crippen LogP contribution in [0.5, 0.6) is 5.75 Å². The molecule has 1 aromatic heterocycles. The number of carbonyl (C=O) groups excluding carboxylic acids is 2. The van der Waals surface area contributed by atoms with Crippen molar-refractivity contribution in [3.8, 4) is 5.75 Å². The van der Waals surface area contributed by atoms with E-state index in [0.29, 0.717) is 23.6 Å². The molecule has 3 aromatic carbocycles. The summed E-state index contributed by atoms with van der Waals surface area (Å²) in [5.74, 6) is -0.901. The zero-order chi connectivity index (χ0) is 26.3. The van der Waals surface area contributed by atoms with Gasteiger partial charge in [0.15, 0.2) is 0 Å². The number of anilines is 1. The quantitative estimate of drug-likeness (QED) is 0.182. The Morgan fingerprint density at radius 3 is 2.32 bits per heavy atom. The summed E-state index contributed by atoms with van der Waals surface area (Å²) in [5, 5.41) is 12.4. The molecule has 1 atom stereocenters. The SMILES string of the molecule is CCCOc1ccc(/C(O)=C2\C(=O)C(=O)N(c3cc(C)cc(C)c3)C2c2c(C)[nH]c3ccccc23)cc1. The van der Waals surface area contributed by atoms with Crippen molar-refractivity contribution in [3.05, 3.63) is 100 Å². The average Bonchev–Trinajstić information content (AvgIpc) is 3.34. The van der Waals surface area contributed by atoms with Crippen molar-refractivity contribution in [2.24, 2.45) is 0 Å². The molecule has 0 saturated carbocycles. The number of hydrogen-bond donors (Lipinski definition) is 2. The third-order valence-electron chi connectivity index (χ3n) is 6.75. The number of fused-ring (bicyclic) bond motifs is 1. The molecule has 6 nitrogen and oxygen atoms in total. The molecule has 2 N–H and O–H groups in total. The maximum Gasteiger partial charge on any atom is 0.300 e. The lowest BCUT2D eigenvalue weighted by molar-refractivity contribution is -0.132. The molecule has 1 aliphatic rings. The number of aromatic amines is 1. The van der Waals surface area contributed by atoms with Crippen molar-refractivity contribution in [1.82, 2.24) is 4.98 Å². The Hall–Kier alpha value is -4.32. The highest BCUT2D eigenvalue weighted by Crippen LogP contribution is 2.45. The van der Waals surface area contributed by atoms with Gasteiger partial charge in [0.2, 0.25) is 0 Å². The molecule has 2 heterocycles. The van der Waals surface area contributed by atoms with E-state index in [9.17, 15) is 14.7 Å². The standard InChI is InChI=1S/C31H30N2O4/c1-5-14-37-23-12-10-21(11-13-23)29(34)27-28(26-20(4)32-25-9-7-6-8-24(25)26)33(31(36)30(27)35)22-16-18(2)15-19(3)17-22/h6-13,15-17,28,32,34H,5,14H2,1-4H3/b29-27+. The first-order valence-corrected chi connectivity index (χ1v) is 12.5. The molecule has 0 spiro atoms. The second-order valence-corrected chi connectivity index (χ2v) is 9.60. The van der Waals surface area contributed by atoms with Gasteiger partial charge in [-0.15, -0.1) is 0 Å². The number of amides is 1. The number of aryl methyl sites for hydroxylation is 3. The summed E-state index contributed by atoms with van der Waals surface area (Å²) < 4.78 is 5.66. The van der Waals surface area contributed by atoms with Crippen LogP contribution in [0.2, 0.25) is 0 Å². The summed E-state index contributed by atoms with van der Waals surface area (Å²) in [6.45, 7) is 8.47. The zero-order valence-electron chi connectivity index (χ0n) is 21.5. The highest BCUT2D eigenvalue weighted by Gasteiger charge is 2.48. The number of hydrogen-bond acceptors (Lipinski definition) is 4. The van der Waals surface area contributed by atoms with E-state index in [-0.39, 0.29) is 11.3 Å². The topological polar surface area (TPSA) is 82.6 Å². The van der Waals surface area contributed by atoms with Gasteiger partial charge in [-0.1, -0.05) is 31.2 Å². The Morgan fingerprint density at radius 1 is 0.973 bits per heavy atom. The molecule has 1 fully saturated rings. The summed E-state index contributed by atoms with van der Waals surface area (Å²) in [5.41, 5.74) is 5.62. The number of aromatic nitrogens is 1. The monoisotopic (exact) mass is 494 g/mol. The molecule has 6 heteroatoms. The van der Waals surface area contributed by atoms with Crippen LogP contribution in [-0.4, -0.2) is 28.4 Å². The van der Waals surface area contributed by atoms with E-state index in [0.717, 1.165) is 39.7 Å². The maximum absolute atomic E-state index is 13.6. The van der Waals surface area contributed by atoms with Gasteiger partial charge in [0, 0.05) is 33.4 Å². The van der Waals surface area contributed by atoms with Gasteiger partial charge >= 0.3 is 0 Å². The Kier molecular flexibility index (Phi) is 6.34. The second-order valence-electron chi connectivity index (χ2n) is 9.60. The third kappa shape index (κ3) is 4.29. The van der Waals surface area contributed by atoms with E-state index in [1.54, 1.807) is 24.3 Å². The smallest absolute Gasteiger partial charge is 0.300 e. The number of aliphatic hydroxyl groups is 1. The lowest BCUT2D eigenvalue weighted by Gasteiger charge is -2.26. The van der Waals surface area contributed by atoms with Crippen LogP contribution < -0.4 is 9.64 Å². The van der Waals surface area contributed by atoms with Crippen LogP contribution in [-0.2, 0) is 9.59 Å². The number of ketones is 1. The summed E-state index contributed by atoms with van der Waals surface area (Å²) >= 11 is 0. The van der Waals surface area contributed by atoms with Gasteiger partial charge in [0.25, 0.3) is 11.7 Å². The number of benzene rings is 3. The minimum atomic E-state index is -0.798. The minimum absolute atomic E-state index is 0.0687. The number of H-pyrrole nitrogens is 1. The van der Waals surface area contributed by atoms with Crippen LogP contribution in [0.3, 0.4) is 0 Å². The molecule has 37 heavy (non-hydrogen) atoms. The average molecular weight is 495 g/mol. The predicted molar refractivity (Wildman–Crippen MR) is 146 cm³/mol. The molecule has 0 radical (unpaired) electrons. The van der Waals surface area contributed by atoms with Gasteiger partial charge in [-0.05, 0) is 80.8 Å². The fraction of sp³-hybridized carbons (Fsp3) is 0.226. The number of nitrogens with one attached hydrogen (secondary N) is 1. The van der Waals surface area contributed by atoms with E-state index in [4.69, 9.17) is 4.74 Å². The summed E-state index contributed by atoms with van der Waals surface area (Å²) in [7, 11) is 0. The van der Waals surface area contributed by atoms with Crippen LogP contribution in [0.15, 0.2) is 72.3 Å². The summed E-state index contributed by atoms with van der Waals surface area (Å²) in [6, 6.07) is 19.8. The number of ether oxygens (including phenoxy) is 1. The van der Waals surface area contributed by atoms with Crippen LogP contribution in [0.4, 0.5) is 5.69 Å². The lowest BCUT2D eigenvalue weighted by Crippen LogP contribution is -2.29. The molecule has 1 amide bonds. The first kappa shape index (κ1) is 24.4. The highest BCUT2D eigenvalue weighted by molar-refractivity contribution is 6.52. The Labute approximate surface area is 216 Å². The highest BCUT2D eigenvalue weighted by atomic mass is 16.5. The molecule has 1 unspecified atom stereocenters. The van der Waals surface area contributed by atoms with Crippen molar-refractivity contribution >= 4 is 34.0 Å². The normalized spacial score (nSPS) is 17.1. The predicted octanol–water partition coefficient (Wildman–Crippen LogP) is 6.51. The van der Waals surface area contributed by atoms with Crippen LogP contribution in [0.1, 0.15) is 47.3 Å². The fourth-order valence-corrected chi connectivity index (χ4v) is 5.20. The van der Waals surface area contributed by atoms with Crippen molar-refractivity contribution < 1.29 is 19.4 Å². The van der Waals surface area contributed by atoms with Crippen molar-refractivity contribution in [3.63, 3.8) is 0 Å². The zero-order valence-corrected chi connectivity index (χ0v) is 21.5. The lowest BCUT2D eigenvalue weighted by atomic mass is 9.93. The van der Waals surface area contributed by atoms with E-state index in [1.165, 1.54) is 4.90 Å². The minimum Gasteiger partial charge on any atom is -0.507 e. The van der Waals surface area contributed by atoms with E-state index >= 15 is 0 Å². The van der Waals surface area contributed by atoms with E-state index in [2.05, 4.69) is 4.98 Å². The third-order valence-corrected chi connectivity index (χ3v) is 6.75. The number of aliphatic hydroxyl groups excluding tert-OH is 1. The summed E-state index contributed by atoms with van der Waals surface area (Å²) in [4.78, 5) is 32.1. The largest absolute Gasteiger partial charge is 0.507 e. The molecular weight excluding hydrogens is 464 g/mol. The van der Waals surface area contributed by atoms with Crippen molar-refractivity contribution in [2.45, 2.75) is 40.2 Å². The Bertz CT molecular complexity index is 1530. The number of Topliss-reactive ketones (excluding diaryl/α,β-unsaturated/α-hetero) is 1. The van der Waals surface area contributed by atoms with Crippen LogP contribution >= 0.6 is 0 Å². The van der Waals surface area contributed by atoms with Crippen LogP contribution in [0.25, 0.3) is 16.7 Å². The Morgan fingerprint density at radius 2 is 1.65 bits per heavy atom. The molecule has 4 aromatic rings. The molecule has 1 aliphatic heterocycles. The molecule has 0 aliphatic carbocycles. The first-order valence-electron chi connectivity index (χ1n) is 12.5. The van der Waals surface area contributed by atoms with E-state index < -0.39 is 17.7 Å². The Balaban J connectivity index is 1.74. The number of nitrogens with zero attached hydrogens (tertiary/aromatic N) is 1. The van der Waals surface area contributed by atoms with Gasteiger partial charge < -0.3 is 14.8 Å². The van der Waals surface area contributed by atoms with Crippen LogP contribution in [0, 0.1) is 20.8 Å². The number of carbonyl (C=O) groups is 2. The van der Waals surface area contributed by atoms with Gasteiger partial charge in [0.1, 0.15) is 11.5 Å². The number of rotatable bonds is 6. The molecule has 0 bridgehead atoms. The first-order chi connectivity index (χ1) is 17.8. The van der Waals surface area contributed by atoms with Gasteiger partial charge in [-0.25, -0.2) is 0 Å². The number of para-hydroxylation sites is 1. The van der Waals surface area contributed by atoms with Gasteiger partial charge in [-0.3, -0.25) is 14.5 Å². The fourth-order valence-electron chi connectivity index (χ4n) is 5.20. The second kappa shape index (κ2) is 9.62. The molecular formula is C31H30N2O4. The molecule has 5 rings (SSSR count). The maximum atomic E-state index is 13.6. The van der Waals surface area contributed by atoms with E-state index in [1.807, 2.05) is 70.2 Å². The molecule has 1 saturated heterocycles. The summed E-state index contributed by atoms with van der Waals surface area (Å²) in [6.07, 6.45) is 0.883. The van der Waals surface area contributed by atoms with Crippen molar-refractivity contribution in [1.29, 1.82) is 0 Å². The molecule has 188 valence electrons. The van der Waals surface area contributed by atoms with Crippen molar-refractivity contribution in [2.75, 3.05) is 11.5 Å².